The van der Waals surface area contributed by atoms with Gasteiger partial charge in [0.2, 0.25) is 5.91 Å². The maximum atomic E-state index is 13.4. The molecule has 1 heterocycles. The third kappa shape index (κ3) is 5.84. The van der Waals surface area contributed by atoms with Crippen molar-refractivity contribution >= 4 is 17.6 Å². The number of aromatic nitrogens is 1. The Balaban J connectivity index is 1.84. The molecule has 1 aromatic heterocycles. The number of benzene rings is 1. The molecule has 138 valence electrons. The largest absolute Gasteiger partial charge is 0.356 e. The van der Waals surface area contributed by atoms with E-state index in [-0.39, 0.29) is 23.7 Å². The number of halogens is 1. The molecule has 26 heavy (non-hydrogen) atoms. The molecule has 0 unspecified atom stereocenters. The van der Waals surface area contributed by atoms with E-state index < -0.39 is 0 Å². The summed E-state index contributed by atoms with van der Waals surface area (Å²) in [7, 11) is 1.63. The first kappa shape index (κ1) is 19.4. The number of nitrogens with zero attached hydrogens (tertiary/aromatic N) is 2. The zero-order chi connectivity index (χ0) is 19.0. The molecule has 0 bridgehead atoms. The third-order valence-corrected chi connectivity index (χ3v) is 3.89. The molecule has 6 nitrogen and oxygen atoms in total. The zero-order valence-electron chi connectivity index (χ0n) is 15.2. The van der Waals surface area contributed by atoms with Gasteiger partial charge in [-0.3, -0.25) is 14.8 Å². The number of carbonyl (C=O) groups is 1. The van der Waals surface area contributed by atoms with Crippen LogP contribution in [0.15, 0.2) is 53.8 Å². The molecular formula is C19H24FN5O. The Morgan fingerprint density at radius 2 is 2.04 bits per heavy atom. The molecule has 3 N–H and O–H groups in total. The number of pyridine rings is 1. The van der Waals surface area contributed by atoms with Gasteiger partial charge in [-0.15, -0.1) is 0 Å². The Bertz CT molecular complexity index is 762. The summed E-state index contributed by atoms with van der Waals surface area (Å²) >= 11 is 0. The van der Waals surface area contributed by atoms with Gasteiger partial charge in [0.05, 0.1) is 18.4 Å². The minimum absolute atomic E-state index is 0.0644. The molecule has 1 amide bonds. The van der Waals surface area contributed by atoms with Crippen LogP contribution < -0.4 is 16.0 Å². The van der Waals surface area contributed by atoms with Gasteiger partial charge in [-0.1, -0.05) is 26.0 Å². The van der Waals surface area contributed by atoms with E-state index in [0.717, 1.165) is 5.56 Å². The minimum Gasteiger partial charge on any atom is -0.356 e. The average Bonchev–Trinajstić information content (AvgIpc) is 2.62. The normalized spacial score (nSPS) is 11.8. The lowest BCUT2D eigenvalue weighted by Crippen LogP contribution is -2.45. The van der Waals surface area contributed by atoms with Crippen LogP contribution in [0.5, 0.6) is 0 Å². The van der Waals surface area contributed by atoms with Crippen LogP contribution in [0.25, 0.3) is 0 Å². The molecule has 2 aromatic rings. The molecule has 0 spiro atoms. The van der Waals surface area contributed by atoms with Gasteiger partial charge in [0.15, 0.2) is 5.96 Å². The van der Waals surface area contributed by atoms with Gasteiger partial charge in [0, 0.05) is 25.2 Å². The highest BCUT2D eigenvalue weighted by molar-refractivity contribution is 5.94. The van der Waals surface area contributed by atoms with Gasteiger partial charge in [-0.25, -0.2) is 4.39 Å². The molecule has 0 fully saturated rings. The van der Waals surface area contributed by atoms with Gasteiger partial charge in [0.25, 0.3) is 0 Å². The Hall–Kier alpha value is -2.96. The molecule has 7 heteroatoms. The number of nitrogens with one attached hydrogen (secondary N) is 3. The van der Waals surface area contributed by atoms with Crippen molar-refractivity contribution in [1.29, 1.82) is 0 Å². The predicted molar refractivity (Wildman–Crippen MR) is 102 cm³/mol. The van der Waals surface area contributed by atoms with Crippen LogP contribution in [-0.4, -0.2) is 37.0 Å². The van der Waals surface area contributed by atoms with Crippen molar-refractivity contribution in [3.05, 3.63) is 60.2 Å². The molecule has 0 aliphatic rings. The molecule has 0 saturated heterocycles. The maximum absolute atomic E-state index is 13.4. The van der Waals surface area contributed by atoms with Crippen molar-refractivity contribution in [3.63, 3.8) is 0 Å². The smallest absolute Gasteiger partial charge is 0.243 e. The maximum Gasteiger partial charge on any atom is 0.243 e. The number of aliphatic imine (C=N–C) groups is 1. The quantitative estimate of drug-likeness (QED) is 0.548. The van der Waals surface area contributed by atoms with Gasteiger partial charge in [0.1, 0.15) is 5.82 Å². The van der Waals surface area contributed by atoms with E-state index in [0.29, 0.717) is 18.2 Å². The summed E-state index contributed by atoms with van der Waals surface area (Å²) in [6, 6.07) is 10.1. The summed E-state index contributed by atoms with van der Waals surface area (Å²) in [5.74, 6) is 0.0336. The summed E-state index contributed by atoms with van der Waals surface area (Å²) in [4.78, 5) is 20.0. The molecule has 2 rings (SSSR count). The topological polar surface area (TPSA) is 78.4 Å². The molecule has 0 aliphatic heterocycles. The van der Waals surface area contributed by atoms with E-state index in [1.165, 1.54) is 12.1 Å². The van der Waals surface area contributed by atoms with Crippen LogP contribution in [0.2, 0.25) is 0 Å². The summed E-state index contributed by atoms with van der Waals surface area (Å²) in [5, 5.41) is 8.87. The Kier molecular flexibility index (Phi) is 6.66. The van der Waals surface area contributed by atoms with E-state index in [1.54, 1.807) is 37.6 Å². The van der Waals surface area contributed by atoms with E-state index in [2.05, 4.69) is 25.9 Å². The first-order valence-electron chi connectivity index (χ1n) is 8.31. The second-order valence-electron chi connectivity index (χ2n) is 6.46. The molecule has 0 atom stereocenters. The van der Waals surface area contributed by atoms with Gasteiger partial charge in [-0.05, 0) is 29.8 Å². The van der Waals surface area contributed by atoms with E-state index >= 15 is 0 Å². The average molecular weight is 357 g/mol. The summed E-state index contributed by atoms with van der Waals surface area (Å²) in [6.07, 6.45) is 3.21. The number of anilines is 1. The highest BCUT2D eigenvalue weighted by Crippen LogP contribution is 2.22. The summed E-state index contributed by atoms with van der Waals surface area (Å²) in [5.41, 5.74) is 1.21. The predicted octanol–water partition coefficient (Wildman–Crippen LogP) is 2.30. The van der Waals surface area contributed by atoms with Crippen molar-refractivity contribution < 1.29 is 9.18 Å². The molecule has 0 radical (unpaired) electrons. The van der Waals surface area contributed by atoms with E-state index in [9.17, 15) is 9.18 Å². The van der Waals surface area contributed by atoms with Gasteiger partial charge < -0.3 is 16.0 Å². The van der Waals surface area contributed by atoms with E-state index in [4.69, 9.17) is 0 Å². The molecule has 0 aliphatic carbocycles. The van der Waals surface area contributed by atoms with Crippen molar-refractivity contribution in [2.45, 2.75) is 19.3 Å². The van der Waals surface area contributed by atoms with Crippen LogP contribution in [0, 0.1) is 5.82 Å². The highest BCUT2D eigenvalue weighted by atomic mass is 19.1. The second kappa shape index (κ2) is 8.94. The second-order valence-corrected chi connectivity index (χ2v) is 6.46. The Morgan fingerprint density at radius 3 is 2.69 bits per heavy atom. The first-order chi connectivity index (χ1) is 12.4. The van der Waals surface area contributed by atoms with Crippen molar-refractivity contribution in [3.8, 4) is 0 Å². The lowest BCUT2D eigenvalue weighted by atomic mass is 9.84. The number of carbonyl (C=O) groups excluding carboxylic acids is 1. The number of guanidine groups is 1. The molecule has 1 aromatic carbocycles. The lowest BCUT2D eigenvalue weighted by molar-refractivity contribution is -0.115. The first-order valence-corrected chi connectivity index (χ1v) is 8.31. The fourth-order valence-electron chi connectivity index (χ4n) is 2.34. The van der Waals surface area contributed by atoms with Crippen LogP contribution in [0.1, 0.15) is 19.4 Å². The zero-order valence-corrected chi connectivity index (χ0v) is 15.2. The highest BCUT2D eigenvalue weighted by Gasteiger charge is 2.21. The summed E-state index contributed by atoms with van der Waals surface area (Å²) < 4.78 is 13.4. The summed E-state index contributed by atoms with van der Waals surface area (Å²) in [6.45, 7) is 4.61. The van der Waals surface area contributed by atoms with E-state index in [1.807, 2.05) is 19.9 Å². The monoisotopic (exact) mass is 357 g/mol. The number of rotatable bonds is 6. The van der Waals surface area contributed by atoms with Crippen molar-refractivity contribution in [2.24, 2.45) is 4.99 Å². The number of amides is 1. The van der Waals surface area contributed by atoms with Gasteiger partial charge in [-0.2, -0.15) is 0 Å². The Morgan fingerprint density at radius 1 is 1.23 bits per heavy atom. The van der Waals surface area contributed by atoms with Crippen LogP contribution in [0.4, 0.5) is 10.1 Å². The number of hydrogen-bond donors (Lipinski definition) is 3. The van der Waals surface area contributed by atoms with Crippen LogP contribution in [0.3, 0.4) is 0 Å². The van der Waals surface area contributed by atoms with Gasteiger partial charge >= 0.3 is 0 Å². The molecule has 0 saturated carbocycles. The van der Waals surface area contributed by atoms with Crippen LogP contribution >= 0.6 is 0 Å². The van der Waals surface area contributed by atoms with Crippen molar-refractivity contribution in [1.82, 2.24) is 15.6 Å². The number of hydrogen-bond acceptors (Lipinski definition) is 3. The lowest BCUT2D eigenvalue weighted by Gasteiger charge is -2.26. The molecular weight excluding hydrogens is 333 g/mol. The SMILES string of the molecule is CN=C(NCC(=O)Nc1cccnc1)NCC(C)(C)c1cccc(F)c1. The standard InChI is InChI=1S/C19H24FN5O/c1-19(2,14-6-4-7-15(20)10-14)13-24-18(21-3)23-12-17(26)25-16-8-5-9-22-11-16/h4-11H,12-13H2,1-3H3,(H,25,26)(H2,21,23,24). The fraction of sp³-hybridized carbons (Fsp3) is 0.316. The van der Waals surface area contributed by atoms with Crippen molar-refractivity contribution in [2.75, 3.05) is 25.5 Å². The fourth-order valence-corrected chi connectivity index (χ4v) is 2.34. The Labute approximate surface area is 152 Å². The third-order valence-electron chi connectivity index (χ3n) is 3.89. The van der Waals surface area contributed by atoms with Crippen LogP contribution in [-0.2, 0) is 10.2 Å². The minimum atomic E-state index is -0.308.